The van der Waals surface area contributed by atoms with Crippen molar-refractivity contribution in [3.63, 3.8) is 0 Å². The Bertz CT molecular complexity index is 1490. The van der Waals surface area contributed by atoms with Crippen LogP contribution in [0.25, 0.3) is 39.0 Å². The number of hydrogen-bond donors (Lipinski definition) is 1. The van der Waals surface area contributed by atoms with Crippen molar-refractivity contribution < 1.29 is 9.13 Å². The zero-order valence-corrected chi connectivity index (χ0v) is 16.3. The molecule has 2 aromatic carbocycles. The Morgan fingerprint density at radius 2 is 1.87 bits per heavy atom. The fraction of sp³-hybridized carbons (Fsp3) is 0.0909. The van der Waals surface area contributed by atoms with Gasteiger partial charge in [-0.3, -0.25) is 10.4 Å². The number of pyridine rings is 1. The first-order valence-electron chi connectivity index (χ1n) is 9.25. The second-order valence-electron chi connectivity index (χ2n) is 6.85. The Balaban J connectivity index is 1.87. The molecule has 5 rings (SSSR count). The summed E-state index contributed by atoms with van der Waals surface area (Å²) in [6.07, 6.45) is 3.32. The monoisotopic (exact) mass is 400 g/mol. The van der Waals surface area contributed by atoms with Crippen molar-refractivity contribution in [2.24, 2.45) is 7.05 Å². The predicted octanol–water partition coefficient (Wildman–Crippen LogP) is 3.60. The maximum absolute atomic E-state index is 13.8. The van der Waals surface area contributed by atoms with Gasteiger partial charge in [0.25, 0.3) is 0 Å². The molecule has 0 unspecified atom stereocenters. The van der Waals surface area contributed by atoms with E-state index in [4.69, 9.17) is 10.1 Å². The van der Waals surface area contributed by atoms with E-state index in [1.165, 1.54) is 19.2 Å². The molecule has 0 saturated carbocycles. The van der Waals surface area contributed by atoms with Crippen LogP contribution in [0.5, 0.6) is 5.88 Å². The van der Waals surface area contributed by atoms with Gasteiger partial charge >= 0.3 is 0 Å². The van der Waals surface area contributed by atoms with Gasteiger partial charge < -0.3 is 9.30 Å². The molecule has 0 aliphatic carbocycles. The Morgan fingerprint density at radius 3 is 2.67 bits per heavy atom. The fourth-order valence-corrected chi connectivity index (χ4v) is 3.61. The smallest absolute Gasteiger partial charge is 0.240 e. The number of aryl methyl sites for hydroxylation is 1. The van der Waals surface area contributed by atoms with E-state index in [1.807, 2.05) is 24.3 Å². The number of hydrogen-bond acceptors (Lipinski definition) is 5. The molecule has 0 atom stereocenters. The van der Waals surface area contributed by atoms with Gasteiger partial charge in [0.2, 0.25) is 17.4 Å². The van der Waals surface area contributed by atoms with Crippen LogP contribution >= 0.6 is 0 Å². The number of ether oxygens (including phenoxy) is 1. The first-order valence-corrected chi connectivity index (χ1v) is 9.25. The largest absolute Gasteiger partial charge is 0.481 e. The summed E-state index contributed by atoms with van der Waals surface area (Å²) < 4.78 is 22.4. The second kappa shape index (κ2) is 6.77. The van der Waals surface area contributed by atoms with E-state index in [-0.39, 0.29) is 11.4 Å². The van der Waals surface area contributed by atoms with Crippen molar-refractivity contribution in [3.8, 4) is 23.0 Å². The zero-order chi connectivity index (χ0) is 20.8. The van der Waals surface area contributed by atoms with Crippen LogP contribution in [-0.2, 0) is 7.05 Å². The lowest BCUT2D eigenvalue weighted by Gasteiger charge is -2.08. The third-order valence-electron chi connectivity index (χ3n) is 5.12. The number of halogens is 1. The van der Waals surface area contributed by atoms with E-state index in [1.54, 1.807) is 40.7 Å². The molecule has 0 amide bonds. The molecule has 0 bridgehead atoms. The van der Waals surface area contributed by atoms with Gasteiger partial charge in [-0.1, -0.05) is 18.2 Å². The van der Waals surface area contributed by atoms with Crippen molar-refractivity contribution in [2.75, 3.05) is 7.11 Å². The van der Waals surface area contributed by atoms with Crippen LogP contribution in [0.1, 0.15) is 0 Å². The lowest BCUT2D eigenvalue weighted by molar-refractivity contribution is 0.396. The number of methoxy groups -OCH3 is 1. The lowest BCUT2D eigenvalue weighted by Crippen LogP contribution is -2.22. The summed E-state index contributed by atoms with van der Waals surface area (Å²) >= 11 is 0. The van der Waals surface area contributed by atoms with Gasteiger partial charge in [-0.05, 0) is 35.4 Å². The van der Waals surface area contributed by atoms with E-state index in [9.17, 15) is 4.39 Å². The van der Waals surface area contributed by atoms with E-state index in [0.29, 0.717) is 11.8 Å². The van der Waals surface area contributed by atoms with Gasteiger partial charge in [0.1, 0.15) is 5.82 Å². The van der Waals surface area contributed by atoms with Gasteiger partial charge in [0.05, 0.1) is 29.9 Å². The normalized spacial score (nSPS) is 11.3. The number of benzene rings is 2. The Hall–Kier alpha value is -4.07. The molecule has 3 aromatic heterocycles. The average Bonchev–Trinajstić information content (AvgIpc) is 3.04. The number of fused-ring (bicyclic) bond motifs is 3. The van der Waals surface area contributed by atoms with E-state index in [2.05, 4.69) is 15.0 Å². The molecule has 8 heteroatoms. The zero-order valence-electron chi connectivity index (χ0n) is 16.3. The van der Waals surface area contributed by atoms with Crippen LogP contribution in [-0.4, -0.2) is 31.2 Å². The highest BCUT2D eigenvalue weighted by Crippen LogP contribution is 2.29. The molecule has 0 radical (unpaired) electrons. The third kappa shape index (κ3) is 2.73. The fourth-order valence-electron chi connectivity index (χ4n) is 3.61. The van der Waals surface area contributed by atoms with Crippen LogP contribution in [0.15, 0.2) is 60.9 Å². The van der Waals surface area contributed by atoms with Crippen LogP contribution in [0.2, 0.25) is 0 Å². The molecule has 5 aromatic rings. The summed E-state index contributed by atoms with van der Waals surface area (Å²) in [5, 5.41) is 9.45. The SMILES string of the molecule is COc1ccnc(-n2c(=N)n(C)c3cnc4ccc(-c5cccc(F)c5)cc4c32)n1. The van der Waals surface area contributed by atoms with Crippen molar-refractivity contribution in [1.29, 1.82) is 5.41 Å². The van der Waals surface area contributed by atoms with Gasteiger partial charge in [-0.2, -0.15) is 4.98 Å². The molecule has 148 valence electrons. The van der Waals surface area contributed by atoms with Crippen molar-refractivity contribution in [3.05, 3.63) is 72.4 Å². The number of rotatable bonds is 3. The number of imidazole rings is 1. The molecule has 3 heterocycles. The maximum atomic E-state index is 13.8. The molecule has 0 saturated heterocycles. The van der Waals surface area contributed by atoms with Crippen molar-refractivity contribution in [2.45, 2.75) is 0 Å². The lowest BCUT2D eigenvalue weighted by atomic mass is 10.0. The molecule has 1 N–H and O–H groups in total. The molecule has 7 nitrogen and oxygen atoms in total. The molecule has 0 aliphatic heterocycles. The van der Waals surface area contributed by atoms with Crippen LogP contribution in [0.3, 0.4) is 0 Å². The maximum Gasteiger partial charge on any atom is 0.240 e. The van der Waals surface area contributed by atoms with Gasteiger partial charge in [-0.25, -0.2) is 13.9 Å². The average molecular weight is 400 g/mol. The molecule has 30 heavy (non-hydrogen) atoms. The standard InChI is InChI=1S/C22H17FN6O/c1-28-18-12-26-17-7-6-14(13-4-3-5-15(23)10-13)11-16(17)20(18)29(21(28)24)22-25-9-8-19(27-22)30-2/h3-12,24H,1-2H3. The van der Waals surface area contributed by atoms with Crippen LogP contribution in [0, 0.1) is 11.2 Å². The van der Waals surface area contributed by atoms with Crippen molar-refractivity contribution in [1.82, 2.24) is 24.1 Å². The van der Waals surface area contributed by atoms with E-state index in [0.717, 1.165) is 33.1 Å². The minimum atomic E-state index is -0.295. The van der Waals surface area contributed by atoms with Gasteiger partial charge in [0.15, 0.2) is 0 Å². The topological polar surface area (TPSA) is 81.6 Å². The first-order chi connectivity index (χ1) is 14.6. The predicted molar refractivity (Wildman–Crippen MR) is 111 cm³/mol. The summed E-state index contributed by atoms with van der Waals surface area (Å²) in [6.45, 7) is 0. The minimum Gasteiger partial charge on any atom is -0.481 e. The van der Waals surface area contributed by atoms with E-state index < -0.39 is 0 Å². The number of aromatic nitrogens is 5. The van der Waals surface area contributed by atoms with Gasteiger partial charge in [-0.15, -0.1) is 0 Å². The Kier molecular flexibility index (Phi) is 4.06. The number of nitrogens with one attached hydrogen (secondary N) is 1. The Morgan fingerprint density at radius 1 is 1.03 bits per heavy atom. The molecule has 0 spiro atoms. The van der Waals surface area contributed by atoms with Crippen LogP contribution < -0.4 is 10.4 Å². The molecular formula is C22H17FN6O. The summed E-state index contributed by atoms with van der Waals surface area (Å²) in [6, 6.07) is 13.9. The summed E-state index contributed by atoms with van der Waals surface area (Å²) in [7, 11) is 3.33. The second-order valence-corrected chi connectivity index (χ2v) is 6.85. The molecule has 0 fully saturated rings. The summed E-state index contributed by atoms with van der Waals surface area (Å²) in [4.78, 5) is 13.3. The van der Waals surface area contributed by atoms with E-state index >= 15 is 0 Å². The highest BCUT2D eigenvalue weighted by atomic mass is 19.1. The van der Waals surface area contributed by atoms with Gasteiger partial charge in [0, 0.05) is 24.7 Å². The first kappa shape index (κ1) is 18.0. The minimum absolute atomic E-state index is 0.198. The Labute approximate surface area is 170 Å². The van der Waals surface area contributed by atoms with Crippen molar-refractivity contribution >= 4 is 21.9 Å². The summed E-state index contributed by atoms with van der Waals surface area (Å²) in [5.41, 5.74) is 4.08. The summed E-state index contributed by atoms with van der Waals surface area (Å²) in [5.74, 6) is 0.438. The highest BCUT2D eigenvalue weighted by Gasteiger charge is 2.17. The quantitative estimate of drug-likeness (QED) is 0.502. The van der Waals surface area contributed by atoms with Crippen LogP contribution in [0.4, 0.5) is 4.39 Å². The third-order valence-corrected chi connectivity index (χ3v) is 5.12. The molecular weight excluding hydrogens is 383 g/mol. The highest BCUT2D eigenvalue weighted by molar-refractivity contribution is 6.04. The number of nitrogens with zero attached hydrogens (tertiary/aromatic N) is 5. The molecule has 0 aliphatic rings.